The maximum Gasteiger partial charge on any atom is 0.412 e. The van der Waals surface area contributed by atoms with Crippen LogP contribution in [0.4, 0.5) is 4.79 Å². The van der Waals surface area contributed by atoms with Gasteiger partial charge in [0.05, 0.1) is 13.2 Å². The van der Waals surface area contributed by atoms with Crippen molar-refractivity contribution in [3.63, 3.8) is 0 Å². The second kappa shape index (κ2) is 11.7. The van der Waals surface area contributed by atoms with Crippen LogP contribution in [0.3, 0.4) is 0 Å². The zero-order valence-electron chi connectivity index (χ0n) is 14.6. The molecule has 1 heterocycles. The number of nitrogens with zero attached hydrogens (tertiary/aromatic N) is 1. The molecule has 0 saturated heterocycles. The number of carbonyl (C=O) groups excluding carboxylic acids is 3. The zero-order valence-corrected chi connectivity index (χ0v) is 14.6. The number of amides is 2. The van der Waals surface area contributed by atoms with E-state index in [2.05, 4.69) is 15.5 Å². The van der Waals surface area contributed by atoms with Crippen LogP contribution in [0.2, 0.25) is 0 Å². The van der Waals surface area contributed by atoms with Gasteiger partial charge in [0.2, 0.25) is 0 Å². The molecule has 0 aliphatic rings. The van der Waals surface area contributed by atoms with Crippen LogP contribution in [-0.2, 0) is 25.8 Å². The zero-order chi connectivity index (χ0) is 19.4. The third kappa shape index (κ3) is 7.88. The first kappa shape index (κ1) is 21.3. The Bertz CT molecular complexity index is 611. The lowest BCUT2D eigenvalue weighted by Crippen LogP contribution is -2.43. The summed E-state index contributed by atoms with van der Waals surface area (Å²) in [5.74, 6) is -0.919. The van der Waals surface area contributed by atoms with E-state index in [0.717, 1.165) is 0 Å². The van der Waals surface area contributed by atoms with E-state index in [4.69, 9.17) is 14.7 Å². The summed E-state index contributed by atoms with van der Waals surface area (Å²) >= 11 is 0. The van der Waals surface area contributed by atoms with Gasteiger partial charge in [0.15, 0.2) is 12.4 Å². The monoisotopic (exact) mass is 371 g/mol. The van der Waals surface area contributed by atoms with Crippen molar-refractivity contribution in [2.24, 2.45) is 0 Å². The van der Waals surface area contributed by atoms with Crippen LogP contribution in [0.1, 0.15) is 24.2 Å². The highest BCUT2D eigenvalue weighted by Crippen LogP contribution is 1.95. The van der Waals surface area contributed by atoms with Gasteiger partial charge in [-0.3, -0.25) is 14.8 Å². The van der Waals surface area contributed by atoms with Gasteiger partial charge in [0.25, 0.3) is 12.6 Å². The van der Waals surface area contributed by atoms with Gasteiger partial charge in [0, 0.05) is 12.6 Å². The summed E-state index contributed by atoms with van der Waals surface area (Å²) in [6, 6.07) is 2.36. The number of aromatic nitrogens is 1. The predicted molar refractivity (Wildman–Crippen MR) is 85.6 cm³/mol. The third-order valence-electron chi connectivity index (χ3n) is 2.99. The summed E-state index contributed by atoms with van der Waals surface area (Å²) in [4.78, 5) is 39.5. The van der Waals surface area contributed by atoms with Crippen molar-refractivity contribution in [2.45, 2.75) is 26.6 Å². The normalized spacial score (nSPS) is 11.3. The van der Waals surface area contributed by atoms with E-state index in [-0.39, 0.29) is 32.4 Å². The van der Waals surface area contributed by atoms with Gasteiger partial charge in [-0.15, -0.1) is 0 Å². The molecule has 26 heavy (non-hydrogen) atoms. The Balaban J connectivity index is 2.46. The first-order valence-electron chi connectivity index (χ1n) is 7.86. The number of carbonyl (C=O) groups is 3. The molecule has 0 aliphatic carbocycles. The molecule has 1 aromatic heterocycles. The molecule has 2 amide bonds. The Labute approximate surface area is 150 Å². The number of alkyl carbamates (subject to hydrolysis) is 1. The van der Waals surface area contributed by atoms with Crippen LogP contribution in [-0.4, -0.2) is 49.0 Å². The molecule has 0 bridgehead atoms. The minimum atomic E-state index is -0.833. The average molecular weight is 371 g/mol. The van der Waals surface area contributed by atoms with Gasteiger partial charge < -0.3 is 20.1 Å². The first-order chi connectivity index (χ1) is 12.5. The SMILES string of the molecule is CCOC(=O)C(C)NC(=O)OC[n+]1cccc(C(=O)NCCONO)c1. The van der Waals surface area contributed by atoms with Crippen LogP contribution in [0.15, 0.2) is 24.5 Å². The minimum Gasteiger partial charge on any atom is -0.464 e. The van der Waals surface area contributed by atoms with Gasteiger partial charge in [-0.1, -0.05) is 5.64 Å². The van der Waals surface area contributed by atoms with Crippen molar-refractivity contribution in [3.8, 4) is 0 Å². The Morgan fingerprint density at radius 3 is 2.77 bits per heavy atom. The Morgan fingerprint density at radius 2 is 2.08 bits per heavy atom. The topological polar surface area (TPSA) is 139 Å². The highest BCUT2D eigenvalue weighted by atomic mass is 16.8. The lowest BCUT2D eigenvalue weighted by Gasteiger charge is -2.11. The molecule has 144 valence electrons. The Morgan fingerprint density at radius 1 is 1.31 bits per heavy atom. The van der Waals surface area contributed by atoms with Crippen LogP contribution in [0.5, 0.6) is 0 Å². The van der Waals surface area contributed by atoms with E-state index >= 15 is 0 Å². The van der Waals surface area contributed by atoms with E-state index in [0.29, 0.717) is 5.56 Å². The molecule has 11 nitrogen and oxygen atoms in total. The lowest BCUT2D eigenvalue weighted by molar-refractivity contribution is -0.727. The smallest absolute Gasteiger partial charge is 0.412 e. The molecule has 1 unspecified atom stereocenters. The van der Waals surface area contributed by atoms with Crippen LogP contribution >= 0.6 is 0 Å². The van der Waals surface area contributed by atoms with Gasteiger partial charge in [0.1, 0.15) is 11.6 Å². The van der Waals surface area contributed by atoms with Gasteiger partial charge in [-0.2, -0.15) is 4.57 Å². The standard InChI is InChI=1S/C15H22N4O7/c1-3-24-14(21)11(2)17-15(22)25-10-19-7-4-5-12(9-19)13(20)16-6-8-26-18-23/h4-5,7,9,11,18,23H,3,6,8,10H2,1-2H3,(H-,16,17,20,22)/p+1. The fraction of sp³-hybridized carbons (Fsp3) is 0.467. The number of hydrogen-bond donors (Lipinski definition) is 4. The molecule has 0 aromatic carbocycles. The molecule has 11 heteroatoms. The summed E-state index contributed by atoms with van der Waals surface area (Å²) in [5, 5.41) is 13.2. The van der Waals surface area contributed by atoms with E-state index in [1.165, 1.54) is 23.3 Å². The molecule has 1 aromatic rings. The van der Waals surface area contributed by atoms with E-state index < -0.39 is 18.1 Å². The fourth-order valence-corrected chi connectivity index (χ4v) is 1.78. The number of hydrogen-bond acceptors (Lipinski definition) is 8. The van der Waals surface area contributed by atoms with E-state index in [9.17, 15) is 14.4 Å². The van der Waals surface area contributed by atoms with Crippen molar-refractivity contribution in [1.82, 2.24) is 16.3 Å². The molecule has 0 spiro atoms. The molecule has 0 aliphatic heterocycles. The summed E-state index contributed by atoms with van der Waals surface area (Å²) in [5.41, 5.74) is 1.85. The van der Waals surface area contributed by atoms with Gasteiger partial charge in [-0.25, -0.2) is 9.59 Å². The highest BCUT2D eigenvalue weighted by molar-refractivity contribution is 5.93. The van der Waals surface area contributed by atoms with E-state index in [1.807, 2.05) is 0 Å². The largest absolute Gasteiger partial charge is 0.464 e. The third-order valence-corrected chi connectivity index (χ3v) is 2.99. The lowest BCUT2D eigenvalue weighted by atomic mass is 10.2. The maximum atomic E-state index is 11.9. The van der Waals surface area contributed by atoms with Crippen LogP contribution in [0.25, 0.3) is 0 Å². The summed E-state index contributed by atoms with van der Waals surface area (Å²) < 4.78 is 11.2. The van der Waals surface area contributed by atoms with Crippen molar-refractivity contribution in [2.75, 3.05) is 19.8 Å². The summed E-state index contributed by atoms with van der Waals surface area (Å²) in [7, 11) is 0. The number of ether oxygens (including phenoxy) is 2. The van der Waals surface area contributed by atoms with Crippen molar-refractivity contribution >= 4 is 18.0 Å². The summed E-state index contributed by atoms with van der Waals surface area (Å²) in [6.45, 7) is 3.48. The molecule has 0 saturated carbocycles. The van der Waals surface area contributed by atoms with E-state index in [1.54, 1.807) is 25.3 Å². The maximum absolute atomic E-state index is 11.9. The van der Waals surface area contributed by atoms with Crippen molar-refractivity contribution in [1.29, 1.82) is 0 Å². The molecule has 4 N–H and O–H groups in total. The van der Waals surface area contributed by atoms with Crippen LogP contribution < -0.4 is 20.8 Å². The second-order valence-corrected chi connectivity index (χ2v) is 4.98. The second-order valence-electron chi connectivity index (χ2n) is 4.98. The highest BCUT2D eigenvalue weighted by Gasteiger charge is 2.18. The Hall–Kier alpha value is -2.76. The summed E-state index contributed by atoms with van der Waals surface area (Å²) in [6.07, 6.45) is 2.31. The number of rotatable bonds is 10. The molecule has 0 radical (unpaired) electrons. The minimum absolute atomic E-state index is 0.0804. The number of esters is 1. The van der Waals surface area contributed by atoms with Crippen molar-refractivity contribution < 1.29 is 38.5 Å². The van der Waals surface area contributed by atoms with Crippen LogP contribution in [0, 0.1) is 0 Å². The first-order valence-corrected chi connectivity index (χ1v) is 7.86. The quantitative estimate of drug-likeness (QED) is 0.182. The molecular weight excluding hydrogens is 348 g/mol. The predicted octanol–water partition coefficient (Wildman–Crippen LogP) is -0.750. The number of nitrogens with one attached hydrogen (secondary N) is 3. The van der Waals surface area contributed by atoms with Crippen molar-refractivity contribution in [3.05, 3.63) is 30.1 Å². The number of pyridine rings is 1. The average Bonchev–Trinajstić information content (AvgIpc) is 2.63. The Kier molecular flexibility index (Phi) is 9.61. The molecule has 1 atom stereocenters. The van der Waals surface area contributed by atoms with Gasteiger partial charge >= 0.3 is 12.1 Å². The molecule has 0 fully saturated rings. The molecule has 1 rings (SSSR count). The fourth-order valence-electron chi connectivity index (χ4n) is 1.78. The molecular formula is C15H23N4O7+. The van der Waals surface area contributed by atoms with Gasteiger partial charge in [-0.05, 0) is 19.9 Å².